The lowest BCUT2D eigenvalue weighted by Gasteiger charge is -2.18. The molecule has 3 atom stereocenters. The van der Waals surface area contributed by atoms with Crippen molar-refractivity contribution in [1.82, 2.24) is 0 Å². The first-order valence-electron chi connectivity index (χ1n) is 3.62. The Kier molecular flexibility index (Phi) is 4.60. The first kappa shape index (κ1) is 9.88. The molecule has 0 aliphatic carbocycles. The van der Waals surface area contributed by atoms with Crippen LogP contribution in [0.2, 0.25) is 0 Å². The minimum atomic E-state index is -0.371. The standard InChI is InChI=1S/C7H17NO2/c1-5(4-9)7(8)3-6(2)10/h5-7,9-10H,3-4,8H2,1-2H3. The lowest BCUT2D eigenvalue weighted by molar-refractivity contribution is 0.146. The predicted molar refractivity (Wildman–Crippen MR) is 40.5 cm³/mol. The molecule has 0 radical (unpaired) electrons. The van der Waals surface area contributed by atoms with Crippen LogP contribution in [-0.4, -0.2) is 29.0 Å². The molecule has 0 aromatic rings. The van der Waals surface area contributed by atoms with Crippen LogP contribution < -0.4 is 5.73 Å². The first-order chi connectivity index (χ1) is 4.57. The van der Waals surface area contributed by atoms with E-state index in [1.165, 1.54) is 0 Å². The number of rotatable bonds is 4. The van der Waals surface area contributed by atoms with E-state index in [4.69, 9.17) is 15.9 Å². The number of aliphatic hydroxyl groups excluding tert-OH is 2. The van der Waals surface area contributed by atoms with Crippen molar-refractivity contribution in [2.75, 3.05) is 6.61 Å². The van der Waals surface area contributed by atoms with Gasteiger partial charge in [0.1, 0.15) is 0 Å². The van der Waals surface area contributed by atoms with Crippen molar-refractivity contribution in [2.45, 2.75) is 32.4 Å². The Balaban J connectivity index is 3.50. The summed E-state index contributed by atoms with van der Waals surface area (Å²) in [4.78, 5) is 0. The van der Waals surface area contributed by atoms with Crippen LogP contribution >= 0.6 is 0 Å². The molecule has 0 aromatic heterocycles. The number of nitrogens with two attached hydrogens (primary N) is 1. The van der Waals surface area contributed by atoms with E-state index < -0.39 is 0 Å². The molecule has 4 N–H and O–H groups in total. The van der Waals surface area contributed by atoms with Crippen LogP contribution in [0.3, 0.4) is 0 Å². The fraction of sp³-hybridized carbons (Fsp3) is 1.00. The Morgan fingerprint density at radius 3 is 2.20 bits per heavy atom. The van der Waals surface area contributed by atoms with Crippen LogP contribution in [0.4, 0.5) is 0 Å². The second-order valence-corrected chi connectivity index (χ2v) is 2.91. The zero-order valence-corrected chi connectivity index (χ0v) is 6.62. The van der Waals surface area contributed by atoms with Gasteiger partial charge in [0.25, 0.3) is 0 Å². The van der Waals surface area contributed by atoms with Crippen molar-refractivity contribution >= 4 is 0 Å². The third-order valence-electron chi connectivity index (χ3n) is 1.63. The summed E-state index contributed by atoms with van der Waals surface area (Å²) in [6, 6.07) is -0.0926. The highest BCUT2D eigenvalue weighted by Gasteiger charge is 2.13. The molecule has 0 bridgehead atoms. The molecule has 62 valence electrons. The van der Waals surface area contributed by atoms with E-state index in [2.05, 4.69) is 0 Å². The van der Waals surface area contributed by atoms with E-state index >= 15 is 0 Å². The second kappa shape index (κ2) is 4.66. The molecule has 0 aliphatic heterocycles. The molecule has 0 saturated heterocycles. The fourth-order valence-electron chi connectivity index (χ4n) is 0.762. The van der Waals surface area contributed by atoms with Crippen molar-refractivity contribution in [3.05, 3.63) is 0 Å². The zero-order valence-electron chi connectivity index (χ0n) is 6.62. The summed E-state index contributed by atoms with van der Waals surface area (Å²) in [6.45, 7) is 3.66. The van der Waals surface area contributed by atoms with E-state index in [0.717, 1.165) is 0 Å². The van der Waals surface area contributed by atoms with Crippen LogP contribution in [0.15, 0.2) is 0 Å². The van der Waals surface area contributed by atoms with Crippen LogP contribution in [0.1, 0.15) is 20.3 Å². The first-order valence-corrected chi connectivity index (χ1v) is 3.62. The topological polar surface area (TPSA) is 66.5 Å². The largest absolute Gasteiger partial charge is 0.396 e. The van der Waals surface area contributed by atoms with E-state index in [1.807, 2.05) is 6.92 Å². The van der Waals surface area contributed by atoms with Gasteiger partial charge in [-0.25, -0.2) is 0 Å². The van der Waals surface area contributed by atoms with Gasteiger partial charge in [-0.1, -0.05) is 6.92 Å². The maximum Gasteiger partial charge on any atom is 0.0527 e. The molecule has 0 amide bonds. The van der Waals surface area contributed by atoms with Crippen LogP contribution in [0.5, 0.6) is 0 Å². The summed E-state index contributed by atoms with van der Waals surface area (Å²) in [5.41, 5.74) is 5.61. The molecule has 3 unspecified atom stereocenters. The lowest BCUT2D eigenvalue weighted by atomic mass is 9.99. The third kappa shape index (κ3) is 3.82. The van der Waals surface area contributed by atoms with Crippen LogP contribution in [-0.2, 0) is 0 Å². The molecule has 3 heteroatoms. The molecule has 0 heterocycles. The lowest BCUT2D eigenvalue weighted by Crippen LogP contribution is -2.33. The molecule has 3 nitrogen and oxygen atoms in total. The third-order valence-corrected chi connectivity index (χ3v) is 1.63. The number of aliphatic hydroxyl groups is 2. The summed E-state index contributed by atoms with van der Waals surface area (Å²) in [6.07, 6.45) is 0.186. The maximum atomic E-state index is 8.91. The monoisotopic (exact) mass is 147 g/mol. The highest BCUT2D eigenvalue weighted by atomic mass is 16.3. The fourth-order valence-corrected chi connectivity index (χ4v) is 0.762. The second-order valence-electron chi connectivity index (χ2n) is 2.91. The molecule has 0 aliphatic rings. The maximum absolute atomic E-state index is 8.91. The summed E-state index contributed by atoms with van der Waals surface area (Å²) in [7, 11) is 0. The Hall–Kier alpha value is -0.120. The van der Waals surface area contributed by atoms with Crippen LogP contribution in [0.25, 0.3) is 0 Å². The highest BCUT2D eigenvalue weighted by Crippen LogP contribution is 2.05. The zero-order chi connectivity index (χ0) is 8.15. The Bertz CT molecular complexity index is 85.7. The van der Waals surface area contributed by atoms with E-state index in [-0.39, 0.29) is 24.7 Å². The predicted octanol–water partition coefficient (Wildman–Crippen LogP) is -0.287. The molecule has 0 spiro atoms. The van der Waals surface area contributed by atoms with Gasteiger partial charge in [0.15, 0.2) is 0 Å². The van der Waals surface area contributed by atoms with E-state index in [0.29, 0.717) is 6.42 Å². The average Bonchev–Trinajstić information content (AvgIpc) is 1.85. The van der Waals surface area contributed by atoms with Crippen molar-refractivity contribution in [3.63, 3.8) is 0 Å². The molecule has 0 rings (SSSR count). The van der Waals surface area contributed by atoms with Gasteiger partial charge in [-0.2, -0.15) is 0 Å². The number of hydrogen-bond donors (Lipinski definition) is 3. The average molecular weight is 147 g/mol. The van der Waals surface area contributed by atoms with Gasteiger partial charge in [0, 0.05) is 12.6 Å². The van der Waals surface area contributed by atoms with Crippen LogP contribution in [0, 0.1) is 5.92 Å². The molecule has 0 fully saturated rings. The summed E-state index contributed by atoms with van der Waals surface area (Å²) < 4.78 is 0. The molecule has 10 heavy (non-hydrogen) atoms. The molecular weight excluding hydrogens is 130 g/mol. The SMILES string of the molecule is CC(O)CC(N)C(C)CO. The van der Waals surface area contributed by atoms with Gasteiger partial charge in [-0.3, -0.25) is 0 Å². The van der Waals surface area contributed by atoms with Gasteiger partial charge < -0.3 is 15.9 Å². The van der Waals surface area contributed by atoms with Gasteiger partial charge in [-0.05, 0) is 19.3 Å². The van der Waals surface area contributed by atoms with Crippen molar-refractivity contribution < 1.29 is 10.2 Å². The van der Waals surface area contributed by atoms with Gasteiger partial charge in [0.2, 0.25) is 0 Å². The van der Waals surface area contributed by atoms with E-state index in [1.54, 1.807) is 6.92 Å². The normalized spacial score (nSPS) is 20.1. The molecule has 0 saturated carbocycles. The Morgan fingerprint density at radius 1 is 1.40 bits per heavy atom. The summed E-state index contributed by atoms with van der Waals surface area (Å²) >= 11 is 0. The van der Waals surface area contributed by atoms with Gasteiger partial charge in [-0.15, -0.1) is 0 Å². The molecular formula is C7H17NO2. The quantitative estimate of drug-likeness (QED) is 0.512. The van der Waals surface area contributed by atoms with Crippen molar-refractivity contribution in [1.29, 1.82) is 0 Å². The Labute approximate surface area is 61.9 Å². The van der Waals surface area contributed by atoms with Gasteiger partial charge in [0.05, 0.1) is 6.10 Å². The minimum Gasteiger partial charge on any atom is -0.396 e. The minimum absolute atomic E-state index is 0.0783. The Morgan fingerprint density at radius 2 is 1.90 bits per heavy atom. The van der Waals surface area contributed by atoms with Crippen molar-refractivity contribution in [3.8, 4) is 0 Å². The van der Waals surface area contributed by atoms with E-state index in [9.17, 15) is 0 Å². The smallest absolute Gasteiger partial charge is 0.0527 e. The summed E-state index contributed by atoms with van der Waals surface area (Å²) in [5, 5.41) is 17.6. The molecule has 0 aromatic carbocycles. The highest BCUT2D eigenvalue weighted by molar-refractivity contribution is 4.70. The summed E-state index contributed by atoms with van der Waals surface area (Å²) in [5.74, 6) is 0.0783. The number of hydrogen-bond acceptors (Lipinski definition) is 3. The van der Waals surface area contributed by atoms with Crippen molar-refractivity contribution in [2.24, 2.45) is 11.7 Å². The van der Waals surface area contributed by atoms with Gasteiger partial charge >= 0.3 is 0 Å².